The SMILES string of the molecule is C=CCC[C@@H]1[C@@H](CCC=C)[C@H](C(=O)OC)[C@@H]1C(=O)OC. The second-order valence-corrected chi connectivity index (χ2v) is 5.16. The second-order valence-electron chi connectivity index (χ2n) is 5.16. The summed E-state index contributed by atoms with van der Waals surface area (Å²) in [4.78, 5) is 23.9. The Morgan fingerprint density at radius 1 is 0.900 bits per heavy atom. The van der Waals surface area contributed by atoms with Crippen molar-refractivity contribution in [2.24, 2.45) is 23.7 Å². The fraction of sp³-hybridized carbons (Fsp3) is 0.625. The lowest BCUT2D eigenvalue weighted by Crippen LogP contribution is -2.54. The van der Waals surface area contributed by atoms with Crippen LogP contribution in [-0.4, -0.2) is 26.2 Å². The first kappa shape index (κ1) is 16.5. The molecule has 1 aliphatic carbocycles. The third-order valence-electron chi connectivity index (χ3n) is 4.21. The minimum absolute atomic E-state index is 0.157. The van der Waals surface area contributed by atoms with E-state index >= 15 is 0 Å². The molecule has 112 valence electrons. The van der Waals surface area contributed by atoms with Gasteiger partial charge in [0.05, 0.1) is 26.1 Å². The highest BCUT2D eigenvalue weighted by Gasteiger charge is 2.57. The molecule has 0 aliphatic heterocycles. The first-order valence-electron chi connectivity index (χ1n) is 6.99. The van der Waals surface area contributed by atoms with Gasteiger partial charge in [0.15, 0.2) is 0 Å². The fourth-order valence-corrected chi connectivity index (χ4v) is 3.24. The number of methoxy groups -OCH3 is 2. The van der Waals surface area contributed by atoms with Crippen molar-refractivity contribution in [2.45, 2.75) is 25.7 Å². The molecule has 4 heteroatoms. The van der Waals surface area contributed by atoms with Crippen LogP contribution >= 0.6 is 0 Å². The van der Waals surface area contributed by atoms with Gasteiger partial charge >= 0.3 is 11.9 Å². The van der Waals surface area contributed by atoms with Gasteiger partial charge in [-0.15, -0.1) is 13.2 Å². The maximum Gasteiger partial charge on any atom is 0.309 e. The molecule has 1 saturated carbocycles. The van der Waals surface area contributed by atoms with E-state index in [9.17, 15) is 9.59 Å². The van der Waals surface area contributed by atoms with Crippen molar-refractivity contribution in [1.29, 1.82) is 0 Å². The van der Waals surface area contributed by atoms with E-state index in [1.165, 1.54) is 14.2 Å². The van der Waals surface area contributed by atoms with Gasteiger partial charge in [0, 0.05) is 0 Å². The van der Waals surface area contributed by atoms with Crippen LogP contribution in [0.2, 0.25) is 0 Å². The molecule has 4 nitrogen and oxygen atoms in total. The summed E-state index contributed by atoms with van der Waals surface area (Å²) in [7, 11) is 2.72. The molecule has 4 atom stereocenters. The highest BCUT2D eigenvalue weighted by atomic mass is 16.5. The Balaban J connectivity index is 2.89. The maximum absolute atomic E-state index is 11.9. The predicted molar refractivity (Wildman–Crippen MR) is 76.9 cm³/mol. The minimum Gasteiger partial charge on any atom is -0.469 e. The summed E-state index contributed by atoms with van der Waals surface area (Å²) in [5.74, 6) is -1.09. The van der Waals surface area contributed by atoms with Crippen molar-refractivity contribution in [2.75, 3.05) is 14.2 Å². The lowest BCUT2D eigenvalue weighted by Gasteiger charge is -2.49. The van der Waals surface area contributed by atoms with E-state index in [4.69, 9.17) is 9.47 Å². The van der Waals surface area contributed by atoms with Crippen molar-refractivity contribution in [1.82, 2.24) is 0 Å². The largest absolute Gasteiger partial charge is 0.469 e. The highest BCUT2D eigenvalue weighted by molar-refractivity contribution is 5.84. The fourth-order valence-electron chi connectivity index (χ4n) is 3.24. The molecule has 0 unspecified atom stereocenters. The van der Waals surface area contributed by atoms with E-state index < -0.39 is 0 Å². The monoisotopic (exact) mass is 280 g/mol. The average Bonchev–Trinajstić information content (AvgIpc) is 2.45. The molecule has 0 amide bonds. The first-order chi connectivity index (χ1) is 9.62. The van der Waals surface area contributed by atoms with E-state index in [-0.39, 0.29) is 35.6 Å². The number of carbonyl (C=O) groups excluding carboxylic acids is 2. The van der Waals surface area contributed by atoms with Crippen LogP contribution in [-0.2, 0) is 19.1 Å². The molecule has 0 aromatic heterocycles. The predicted octanol–water partition coefficient (Wildman–Crippen LogP) is 2.74. The van der Waals surface area contributed by atoms with Gasteiger partial charge in [-0.1, -0.05) is 12.2 Å². The number of carbonyl (C=O) groups is 2. The zero-order chi connectivity index (χ0) is 15.1. The van der Waals surface area contributed by atoms with E-state index in [1.807, 2.05) is 12.2 Å². The van der Waals surface area contributed by atoms with Crippen LogP contribution in [0, 0.1) is 23.7 Å². The summed E-state index contributed by atoms with van der Waals surface area (Å²) in [6, 6.07) is 0. The number of rotatable bonds is 8. The van der Waals surface area contributed by atoms with Gasteiger partial charge in [0.1, 0.15) is 0 Å². The zero-order valence-corrected chi connectivity index (χ0v) is 12.3. The highest BCUT2D eigenvalue weighted by Crippen LogP contribution is 2.51. The Morgan fingerprint density at radius 3 is 1.50 bits per heavy atom. The summed E-state index contributed by atoms with van der Waals surface area (Å²) >= 11 is 0. The molecule has 0 aromatic rings. The zero-order valence-electron chi connectivity index (χ0n) is 12.3. The molecule has 1 rings (SSSR count). The third-order valence-corrected chi connectivity index (χ3v) is 4.21. The van der Waals surface area contributed by atoms with Crippen LogP contribution in [0.5, 0.6) is 0 Å². The van der Waals surface area contributed by atoms with Crippen LogP contribution < -0.4 is 0 Å². The molecular weight excluding hydrogens is 256 g/mol. The normalized spacial score (nSPS) is 28.1. The average molecular weight is 280 g/mol. The smallest absolute Gasteiger partial charge is 0.309 e. The number of esters is 2. The molecule has 1 fully saturated rings. The molecule has 0 aromatic carbocycles. The first-order valence-corrected chi connectivity index (χ1v) is 6.99. The van der Waals surface area contributed by atoms with Crippen LogP contribution in [0.4, 0.5) is 0 Å². The van der Waals surface area contributed by atoms with Gasteiger partial charge in [0.2, 0.25) is 0 Å². The molecule has 1 aliphatic rings. The third kappa shape index (κ3) is 3.30. The molecular formula is C16H24O4. The molecule has 0 heterocycles. The van der Waals surface area contributed by atoms with Crippen molar-refractivity contribution < 1.29 is 19.1 Å². The van der Waals surface area contributed by atoms with Crippen molar-refractivity contribution in [3.05, 3.63) is 25.3 Å². The van der Waals surface area contributed by atoms with Crippen LogP contribution in [0.1, 0.15) is 25.7 Å². The minimum atomic E-state index is -0.387. The molecule has 20 heavy (non-hydrogen) atoms. The van der Waals surface area contributed by atoms with Gasteiger partial charge in [-0.3, -0.25) is 9.59 Å². The van der Waals surface area contributed by atoms with Gasteiger partial charge in [0.25, 0.3) is 0 Å². The molecule has 0 saturated heterocycles. The Hall–Kier alpha value is -1.58. The van der Waals surface area contributed by atoms with Crippen LogP contribution in [0.15, 0.2) is 25.3 Å². The number of allylic oxidation sites excluding steroid dienone is 2. The van der Waals surface area contributed by atoms with Crippen molar-refractivity contribution >= 4 is 11.9 Å². The van der Waals surface area contributed by atoms with Gasteiger partial charge in [-0.25, -0.2) is 0 Å². The van der Waals surface area contributed by atoms with E-state index in [1.54, 1.807) is 0 Å². The molecule has 0 bridgehead atoms. The Kier molecular flexibility index (Phi) is 6.49. The Labute approximate surface area is 120 Å². The number of hydrogen-bond acceptors (Lipinski definition) is 4. The Bertz CT molecular complexity index is 339. The van der Waals surface area contributed by atoms with Gasteiger partial charge < -0.3 is 9.47 Å². The van der Waals surface area contributed by atoms with Gasteiger partial charge in [-0.05, 0) is 37.5 Å². The number of hydrogen-bond donors (Lipinski definition) is 0. The summed E-state index contributed by atoms with van der Waals surface area (Å²) in [6.45, 7) is 7.43. The second kappa shape index (κ2) is 7.88. The van der Waals surface area contributed by atoms with Crippen molar-refractivity contribution in [3.8, 4) is 0 Å². The summed E-state index contributed by atoms with van der Waals surface area (Å²) in [5, 5.41) is 0. The van der Waals surface area contributed by atoms with Crippen molar-refractivity contribution in [3.63, 3.8) is 0 Å². The quantitative estimate of drug-likeness (QED) is 0.507. The van der Waals surface area contributed by atoms with Crippen LogP contribution in [0.3, 0.4) is 0 Å². The number of ether oxygens (including phenoxy) is 2. The van der Waals surface area contributed by atoms with E-state index in [0.29, 0.717) is 0 Å². The Morgan fingerprint density at radius 2 is 1.25 bits per heavy atom. The molecule has 0 N–H and O–H groups in total. The summed E-state index contributed by atoms with van der Waals surface area (Å²) < 4.78 is 9.70. The summed E-state index contributed by atoms with van der Waals surface area (Å²) in [5.41, 5.74) is 0. The van der Waals surface area contributed by atoms with Crippen LogP contribution in [0.25, 0.3) is 0 Å². The lowest BCUT2D eigenvalue weighted by molar-refractivity contribution is -0.180. The topological polar surface area (TPSA) is 52.6 Å². The molecule has 0 spiro atoms. The van der Waals surface area contributed by atoms with E-state index in [2.05, 4.69) is 13.2 Å². The maximum atomic E-state index is 11.9. The van der Waals surface area contributed by atoms with E-state index in [0.717, 1.165) is 25.7 Å². The lowest BCUT2D eigenvalue weighted by atomic mass is 9.54. The molecule has 0 radical (unpaired) electrons. The van der Waals surface area contributed by atoms with Gasteiger partial charge in [-0.2, -0.15) is 0 Å². The standard InChI is InChI=1S/C16H24O4/c1-5-7-9-11-12(10-8-6-2)14(16(18)20-4)13(11)15(17)19-3/h5-6,11-14H,1-2,7-10H2,3-4H3/t11-,12-,13-,14+/m1/s1. The summed E-state index contributed by atoms with van der Waals surface area (Å²) in [6.07, 6.45) is 7.03.